The average Bonchev–Trinajstić information content (AvgIpc) is 2.93. The van der Waals surface area contributed by atoms with Crippen molar-refractivity contribution in [3.8, 4) is 0 Å². The van der Waals surface area contributed by atoms with Gasteiger partial charge in [0.2, 0.25) is 0 Å². The Morgan fingerprint density at radius 3 is 2.57 bits per heavy atom. The first-order chi connectivity index (χ1) is 10.1. The maximum absolute atomic E-state index is 12.1. The number of nitrogens with zero attached hydrogens (tertiary/aromatic N) is 1. The van der Waals surface area contributed by atoms with Gasteiger partial charge in [-0.3, -0.25) is 9.59 Å². The molecule has 0 aliphatic heterocycles. The lowest BCUT2D eigenvalue weighted by atomic mass is 10.2. The highest BCUT2D eigenvalue weighted by Crippen LogP contribution is 2.08. The molecule has 1 heterocycles. The topological polar surface area (TPSA) is 71.3 Å². The van der Waals surface area contributed by atoms with E-state index in [-0.39, 0.29) is 12.5 Å². The van der Waals surface area contributed by atoms with Crippen LogP contribution in [0, 0.1) is 5.92 Å². The molecule has 5 heteroatoms. The number of rotatable bonds is 6. The highest BCUT2D eigenvalue weighted by Gasteiger charge is 2.15. The van der Waals surface area contributed by atoms with Crippen LogP contribution in [0.5, 0.6) is 0 Å². The van der Waals surface area contributed by atoms with E-state index in [1.807, 2.05) is 41.1 Å². The van der Waals surface area contributed by atoms with E-state index in [0.717, 1.165) is 5.56 Å². The number of carboxylic acids is 1. The van der Waals surface area contributed by atoms with Crippen molar-refractivity contribution in [3.63, 3.8) is 0 Å². The molecule has 5 nitrogen and oxygen atoms in total. The van der Waals surface area contributed by atoms with Gasteiger partial charge in [-0.25, -0.2) is 0 Å². The van der Waals surface area contributed by atoms with Crippen LogP contribution in [0.4, 0.5) is 0 Å². The number of carboxylic acid groups (broad SMARTS) is 1. The van der Waals surface area contributed by atoms with Crippen LogP contribution in [0.3, 0.4) is 0 Å². The SMILES string of the molecule is CC(CNC(=O)c1cccn1Cc1ccccc1)C(=O)O. The fraction of sp³-hybridized carbons (Fsp3) is 0.250. The predicted octanol–water partition coefficient (Wildman–Crippen LogP) is 1.99. The smallest absolute Gasteiger partial charge is 0.308 e. The van der Waals surface area contributed by atoms with Crippen molar-refractivity contribution in [3.05, 3.63) is 59.9 Å². The highest BCUT2D eigenvalue weighted by atomic mass is 16.4. The summed E-state index contributed by atoms with van der Waals surface area (Å²) in [6, 6.07) is 13.4. The third kappa shape index (κ3) is 3.95. The van der Waals surface area contributed by atoms with E-state index < -0.39 is 11.9 Å². The van der Waals surface area contributed by atoms with Crippen molar-refractivity contribution < 1.29 is 14.7 Å². The summed E-state index contributed by atoms with van der Waals surface area (Å²) < 4.78 is 1.84. The average molecular weight is 286 g/mol. The van der Waals surface area contributed by atoms with Crippen molar-refractivity contribution in [1.82, 2.24) is 9.88 Å². The van der Waals surface area contributed by atoms with Gasteiger partial charge in [0.05, 0.1) is 5.92 Å². The van der Waals surface area contributed by atoms with Crippen LogP contribution in [0.15, 0.2) is 48.7 Å². The van der Waals surface area contributed by atoms with Crippen LogP contribution in [0.25, 0.3) is 0 Å². The maximum atomic E-state index is 12.1. The van der Waals surface area contributed by atoms with Crippen molar-refractivity contribution in [2.24, 2.45) is 5.92 Å². The van der Waals surface area contributed by atoms with E-state index in [1.54, 1.807) is 19.1 Å². The number of aliphatic carboxylic acids is 1. The van der Waals surface area contributed by atoms with Gasteiger partial charge in [0.1, 0.15) is 5.69 Å². The molecule has 0 saturated carbocycles. The second-order valence-electron chi connectivity index (χ2n) is 4.96. The number of hydrogen-bond acceptors (Lipinski definition) is 2. The molecule has 2 N–H and O–H groups in total. The molecule has 0 aliphatic carbocycles. The Morgan fingerprint density at radius 2 is 1.90 bits per heavy atom. The minimum atomic E-state index is -0.921. The lowest BCUT2D eigenvalue weighted by Crippen LogP contribution is -2.32. The summed E-state index contributed by atoms with van der Waals surface area (Å²) >= 11 is 0. The number of amides is 1. The Morgan fingerprint density at radius 1 is 1.19 bits per heavy atom. The number of aromatic nitrogens is 1. The van der Waals surface area contributed by atoms with E-state index >= 15 is 0 Å². The molecule has 0 radical (unpaired) electrons. The van der Waals surface area contributed by atoms with Crippen molar-refractivity contribution in [1.29, 1.82) is 0 Å². The Balaban J connectivity index is 2.02. The molecule has 1 atom stereocenters. The first-order valence-electron chi connectivity index (χ1n) is 6.78. The normalized spacial score (nSPS) is 11.9. The molecule has 0 bridgehead atoms. The van der Waals surface area contributed by atoms with Gasteiger partial charge in [0.15, 0.2) is 0 Å². The third-order valence-electron chi connectivity index (χ3n) is 3.25. The molecule has 1 unspecified atom stereocenters. The van der Waals surface area contributed by atoms with Crippen LogP contribution in [-0.2, 0) is 11.3 Å². The van der Waals surface area contributed by atoms with Crippen LogP contribution >= 0.6 is 0 Å². The third-order valence-corrected chi connectivity index (χ3v) is 3.25. The highest BCUT2D eigenvalue weighted by molar-refractivity contribution is 5.93. The van der Waals surface area contributed by atoms with Gasteiger partial charge in [0.25, 0.3) is 5.91 Å². The molecule has 2 aromatic rings. The van der Waals surface area contributed by atoms with Gasteiger partial charge < -0.3 is 15.0 Å². The van der Waals surface area contributed by atoms with Crippen LogP contribution in [0.2, 0.25) is 0 Å². The molecule has 0 aliphatic rings. The molecule has 110 valence electrons. The van der Waals surface area contributed by atoms with Crippen LogP contribution < -0.4 is 5.32 Å². The van der Waals surface area contributed by atoms with Crippen LogP contribution in [0.1, 0.15) is 23.0 Å². The number of carbonyl (C=O) groups is 2. The summed E-state index contributed by atoms with van der Waals surface area (Å²) in [4.78, 5) is 22.9. The summed E-state index contributed by atoms with van der Waals surface area (Å²) in [5.74, 6) is -1.79. The first kappa shape index (κ1) is 14.8. The zero-order valence-corrected chi connectivity index (χ0v) is 11.8. The Bertz CT molecular complexity index is 619. The quantitative estimate of drug-likeness (QED) is 0.853. The molecule has 1 aromatic heterocycles. The van der Waals surface area contributed by atoms with Gasteiger partial charge in [-0.2, -0.15) is 0 Å². The van der Waals surface area contributed by atoms with Gasteiger partial charge in [0, 0.05) is 19.3 Å². The zero-order chi connectivity index (χ0) is 15.2. The number of benzene rings is 1. The van der Waals surface area contributed by atoms with E-state index in [0.29, 0.717) is 12.2 Å². The molecule has 0 saturated heterocycles. The molecular weight excluding hydrogens is 268 g/mol. The maximum Gasteiger partial charge on any atom is 0.308 e. The molecule has 1 aromatic carbocycles. The van der Waals surface area contributed by atoms with Gasteiger partial charge in [-0.15, -0.1) is 0 Å². The zero-order valence-electron chi connectivity index (χ0n) is 11.8. The van der Waals surface area contributed by atoms with E-state index in [4.69, 9.17) is 5.11 Å². The monoisotopic (exact) mass is 286 g/mol. The summed E-state index contributed by atoms with van der Waals surface area (Å²) in [6.07, 6.45) is 1.84. The standard InChI is InChI=1S/C16H18N2O3/c1-12(16(20)21)10-17-15(19)14-8-5-9-18(14)11-13-6-3-2-4-7-13/h2-9,12H,10-11H2,1H3,(H,17,19)(H,20,21). The van der Waals surface area contributed by atoms with Crippen molar-refractivity contribution >= 4 is 11.9 Å². The van der Waals surface area contributed by atoms with Gasteiger partial charge in [-0.05, 0) is 17.7 Å². The van der Waals surface area contributed by atoms with E-state index in [1.165, 1.54) is 0 Å². The number of nitrogens with one attached hydrogen (secondary N) is 1. The summed E-state index contributed by atoms with van der Waals surface area (Å²) in [6.45, 7) is 2.28. The minimum Gasteiger partial charge on any atom is -0.481 e. The second kappa shape index (κ2) is 6.74. The van der Waals surface area contributed by atoms with Crippen molar-refractivity contribution in [2.75, 3.05) is 6.54 Å². The largest absolute Gasteiger partial charge is 0.481 e. The van der Waals surface area contributed by atoms with Gasteiger partial charge >= 0.3 is 5.97 Å². The minimum absolute atomic E-state index is 0.116. The fourth-order valence-electron chi connectivity index (χ4n) is 1.96. The number of carbonyl (C=O) groups excluding carboxylic acids is 1. The summed E-state index contributed by atoms with van der Waals surface area (Å²) in [7, 11) is 0. The molecule has 0 spiro atoms. The van der Waals surface area contributed by atoms with E-state index in [9.17, 15) is 9.59 Å². The Labute approximate surface area is 123 Å². The predicted molar refractivity (Wildman–Crippen MR) is 79.1 cm³/mol. The van der Waals surface area contributed by atoms with E-state index in [2.05, 4.69) is 5.32 Å². The molecule has 1 amide bonds. The van der Waals surface area contributed by atoms with Crippen LogP contribution in [-0.4, -0.2) is 28.1 Å². The van der Waals surface area contributed by atoms with Gasteiger partial charge in [-0.1, -0.05) is 37.3 Å². The summed E-state index contributed by atoms with van der Waals surface area (Å²) in [5, 5.41) is 11.5. The molecular formula is C16H18N2O3. The Hall–Kier alpha value is -2.56. The Kier molecular flexibility index (Phi) is 4.77. The number of hydrogen-bond donors (Lipinski definition) is 2. The summed E-state index contributed by atoms with van der Waals surface area (Å²) in [5.41, 5.74) is 1.62. The molecule has 21 heavy (non-hydrogen) atoms. The fourth-order valence-corrected chi connectivity index (χ4v) is 1.96. The lowest BCUT2D eigenvalue weighted by molar-refractivity contribution is -0.140. The lowest BCUT2D eigenvalue weighted by Gasteiger charge is -2.11. The second-order valence-corrected chi connectivity index (χ2v) is 4.96. The molecule has 0 fully saturated rings. The van der Waals surface area contributed by atoms with Crippen molar-refractivity contribution in [2.45, 2.75) is 13.5 Å². The first-order valence-corrected chi connectivity index (χ1v) is 6.78. The molecule has 2 rings (SSSR count).